The van der Waals surface area contributed by atoms with Gasteiger partial charge in [-0.3, -0.25) is 4.79 Å². The van der Waals surface area contributed by atoms with Crippen LogP contribution in [-0.4, -0.2) is 51.6 Å². The molecule has 1 amide bonds. The molecule has 6 nitrogen and oxygen atoms in total. The third-order valence-electron chi connectivity index (χ3n) is 7.71. The zero-order chi connectivity index (χ0) is 21.3. The van der Waals surface area contributed by atoms with Crippen LogP contribution in [0.4, 0.5) is 5.95 Å². The van der Waals surface area contributed by atoms with Gasteiger partial charge >= 0.3 is 0 Å². The molecule has 3 fully saturated rings. The maximum absolute atomic E-state index is 13.6. The van der Waals surface area contributed by atoms with E-state index in [9.17, 15) is 9.90 Å². The van der Waals surface area contributed by atoms with Gasteiger partial charge in [-0.2, -0.15) is 0 Å². The molecule has 164 valence electrons. The number of hydrogen-bond donors (Lipinski definition) is 1. The summed E-state index contributed by atoms with van der Waals surface area (Å²) < 4.78 is 0. The molecule has 0 spiro atoms. The summed E-state index contributed by atoms with van der Waals surface area (Å²) in [7, 11) is 0. The van der Waals surface area contributed by atoms with E-state index in [-0.39, 0.29) is 17.9 Å². The standard InChI is InChI=1S/C25H32N4O2/c30-23(19-11-16-28(17-12-19)24-26-14-6-15-27-24)29-18-13-25(31,20-7-2-1-3-8-20)21-9-4-5-10-22(21)29/h1-3,6-8,14-15,19,21-22,31H,4-5,9-13,16-18H2. The summed E-state index contributed by atoms with van der Waals surface area (Å²) in [4.78, 5) is 26.6. The minimum absolute atomic E-state index is 0.0606. The van der Waals surface area contributed by atoms with Gasteiger partial charge in [0.2, 0.25) is 11.9 Å². The molecule has 1 N–H and O–H groups in total. The lowest BCUT2D eigenvalue weighted by Gasteiger charge is -2.53. The molecule has 1 aromatic carbocycles. The first-order valence-corrected chi connectivity index (χ1v) is 11.8. The largest absolute Gasteiger partial charge is 0.385 e. The van der Waals surface area contributed by atoms with Gasteiger partial charge in [0.05, 0.1) is 5.60 Å². The summed E-state index contributed by atoms with van der Waals surface area (Å²) >= 11 is 0. The number of carbonyl (C=O) groups excluding carboxylic acids is 1. The Balaban J connectivity index is 1.29. The van der Waals surface area contributed by atoms with E-state index < -0.39 is 5.60 Å². The molecule has 3 unspecified atom stereocenters. The number of fused-ring (bicyclic) bond motifs is 1. The lowest BCUT2D eigenvalue weighted by atomic mass is 9.66. The van der Waals surface area contributed by atoms with Crippen molar-refractivity contribution < 1.29 is 9.90 Å². The molecule has 1 aliphatic carbocycles. The first-order chi connectivity index (χ1) is 15.2. The summed E-state index contributed by atoms with van der Waals surface area (Å²) in [6.45, 7) is 2.28. The first-order valence-electron chi connectivity index (χ1n) is 11.8. The third kappa shape index (κ3) is 3.82. The second-order valence-electron chi connectivity index (χ2n) is 9.34. The average Bonchev–Trinajstić information content (AvgIpc) is 2.85. The minimum Gasteiger partial charge on any atom is -0.385 e. The summed E-state index contributed by atoms with van der Waals surface area (Å²) in [6, 6.07) is 12.1. The highest BCUT2D eigenvalue weighted by Gasteiger charge is 2.50. The number of carbonyl (C=O) groups is 1. The van der Waals surface area contributed by atoms with Crippen molar-refractivity contribution in [3.05, 3.63) is 54.4 Å². The van der Waals surface area contributed by atoms with E-state index in [1.54, 1.807) is 12.4 Å². The molecule has 3 heterocycles. The van der Waals surface area contributed by atoms with Crippen molar-refractivity contribution in [1.29, 1.82) is 0 Å². The number of likely N-dealkylation sites (tertiary alicyclic amines) is 1. The summed E-state index contributed by atoms with van der Waals surface area (Å²) in [5.74, 6) is 1.23. The van der Waals surface area contributed by atoms with Crippen LogP contribution in [0.5, 0.6) is 0 Å². The third-order valence-corrected chi connectivity index (χ3v) is 7.71. The van der Waals surface area contributed by atoms with Crippen LogP contribution in [0.3, 0.4) is 0 Å². The van der Waals surface area contributed by atoms with E-state index in [0.717, 1.165) is 63.1 Å². The molecule has 2 aromatic rings. The zero-order valence-electron chi connectivity index (χ0n) is 18.1. The number of amides is 1. The van der Waals surface area contributed by atoms with Crippen LogP contribution < -0.4 is 4.90 Å². The Morgan fingerprint density at radius 3 is 2.39 bits per heavy atom. The van der Waals surface area contributed by atoms with Gasteiger partial charge in [0.25, 0.3) is 0 Å². The van der Waals surface area contributed by atoms with Crippen molar-refractivity contribution in [1.82, 2.24) is 14.9 Å². The van der Waals surface area contributed by atoms with Crippen molar-refractivity contribution in [2.75, 3.05) is 24.5 Å². The molecule has 0 radical (unpaired) electrons. The number of aromatic nitrogens is 2. The van der Waals surface area contributed by atoms with Crippen molar-refractivity contribution >= 4 is 11.9 Å². The van der Waals surface area contributed by atoms with Crippen LogP contribution in [0.2, 0.25) is 0 Å². The van der Waals surface area contributed by atoms with Gasteiger partial charge in [-0.05, 0) is 43.7 Å². The van der Waals surface area contributed by atoms with Crippen LogP contribution in [0.25, 0.3) is 0 Å². The fraction of sp³-hybridized carbons (Fsp3) is 0.560. The second-order valence-corrected chi connectivity index (χ2v) is 9.34. The van der Waals surface area contributed by atoms with Crippen molar-refractivity contribution in [3.8, 4) is 0 Å². The minimum atomic E-state index is -0.822. The number of aliphatic hydroxyl groups is 1. The van der Waals surface area contributed by atoms with Gasteiger partial charge < -0.3 is 14.9 Å². The van der Waals surface area contributed by atoms with Crippen molar-refractivity contribution in [3.63, 3.8) is 0 Å². The van der Waals surface area contributed by atoms with Crippen LogP contribution in [0.15, 0.2) is 48.8 Å². The van der Waals surface area contributed by atoms with Crippen LogP contribution in [0.1, 0.15) is 50.5 Å². The summed E-state index contributed by atoms with van der Waals surface area (Å²) in [5.41, 5.74) is 0.187. The zero-order valence-corrected chi connectivity index (χ0v) is 18.1. The quantitative estimate of drug-likeness (QED) is 0.824. The van der Waals surface area contributed by atoms with Crippen molar-refractivity contribution in [2.24, 2.45) is 11.8 Å². The molecular formula is C25H32N4O2. The van der Waals surface area contributed by atoms with Gasteiger partial charge in [0.15, 0.2) is 0 Å². The Labute approximate surface area is 184 Å². The molecule has 1 aromatic heterocycles. The molecule has 31 heavy (non-hydrogen) atoms. The highest BCUT2D eigenvalue weighted by Crippen LogP contribution is 2.47. The van der Waals surface area contributed by atoms with E-state index in [1.165, 1.54) is 0 Å². The van der Waals surface area contributed by atoms with Crippen LogP contribution >= 0.6 is 0 Å². The van der Waals surface area contributed by atoms with Gasteiger partial charge in [-0.1, -0.05) is 43.2 Å². The molecular weight excluding hydrogens is 388 g/mol. The van der Waals surface area contributed by atoms with E-state index in [4.69, 9.17) is 0 Å². The Hall–Kier alpha value is -2.47. The Morgan fingerprint density at radius 2 is 1.65 bits per heavy atom. The fourth-order valence-corrected chi connectivity index (χ4v) is 6.06. The lowest BCUT2D eigenvalue weighted by Crippen LogP contribution is -2.60. The second kappa shape index (κ2) is 8.58. The van der Waals surface area contributed by atoms with Crippen molar-refractivity contribution in [2.45, 2.75) is 56.6 Å². The topological polar surface area (TPSA) is 69.6 Å². The van der Waals surface area contributed by atoms with Gasteiger partial charge in [-0.15, -0.1) is 0 Å². The number of hydrogen-bond acceptors (Lipinski definition) is 5. The number of nitrogens with zero attached hydrogens (tertiary/aromatic N) is 4. The smallest absolute Gasteiger partial charge is 0.226 e. The first kappa shape index (κ1) is 20.4. The predicted octanol–water partition coefficient (Wildman–Crippen LogP) is 3.37. The van der Waals surface area contributed by atoms with Gasteiger partial charge in [0.1, 0.15) is 0 Å². The summed E-state index contributed by atoms with van der Waals surface area (Å²) in [6.07, 6.45) is 10.1. The van der Waals surface area contributed by atoms with Gasteiger partial charge in [0, 0.05) is 49.9 Å². The number of benzene rings is 1. The highest BCUT2D eigenvalue weighted by molar-refractivity contribution is 5.79. The number of rotatable bonds is 3. The van der Waals surface area contributed by atoms with Crippen LogP contribution in [-0.2, 0) is 10.4 Å². The molecule has 1 saturated carbocycles. The van der Waals surface area contributed by atoms with E-state index >= 15 is 0 Å². The number of anilines is 1. The Morgan fingerprint density at radius 1 is 0.935 bits per heavy atom. The normalized spacial score (nSPS) is 29.5. The highest BCUT2D eigenvalue weighted by atomic mass is 16.3. The number of piperidine rings is 2. The molecule has 0 bridgehead atoms. The lowest BCUT2D eigenvalue weighted by molar-refractivity contribution is -0.159. The Bertz CT molecular complexity index is 885. The van der Waals surface area contributed by atoms with E-state index in [0.29, 0.717) is 18.9 Å². The predicted molar refractivity (Wildman–Crippen MR) is 119 cm³/mol. The van der Waals surface area contributed by atoms with Crippen LogP contribution in [0, 0.1) is 11.8 Å². The van der Waals surface area contributed by atoms with E-state index in [1.807, 2.05) is 36.4 Å². The molecule has 3 atom stereocenters. The maximum Gasteiger partial charge on any atom is 0.226 e. The Kier molecular flexibility index (Phi) is 5.65. The molecule has 6 heteroatoms. The fourth-order valence-electron chi connectivity index (χ4n) is 6.06. The average molecular weight is 421 g/mol. The molecule has 2 aliphatic heterocycles. The van der Waals surface area contributed by atoms with Gasteiger partial charge in [-0.25, -0.2) is 9.97 Å². The SMILES string of the molecule is O=C(C1CCN(c2ncccn2)CC1)N1CCC(O)(c2ccccc2)C2CCCCC21. The monoisotopic (exact) mass is 420 g/mol. The van der Waals surface area contributed by atoms with E-state index in [2.05, 4.69) is 19.8 Å². The maximum atomic E-state index is 13.6. The molecule has 5 rings (SSSR count). The molecule has 2 saturated heterocycles. The summed E-state index contributed by atoms with van der Waals surface area (Å²) in [5, 5.41) is 11.7. The molecule has 3 aliphatic rings.